The van der Waals surface area contributed by atoms with E-state index in [4.69, 9.17) is 5.11 Å². The van der Waals surface area contributed by atoms with Gasteiger partial charge in [0.25, 0.3) is 0 Å². The standard InChI is InChI=1S/C4H2N2O4S2/c7-4(8)3-5-2(1-11-3)6-12(9)10/h1H,(H,7,8). The lowest BCUT2D eigenvalue weighted by atomic mass is 10.7. The first-order valence-electron chi connectivity index (χ1n) is 2.59. The van der Waals surface area contributed by atoms with Gasteiger partial charge >= 0.3 is 16.5 Å². The number of rotatable bonds is 2. The third-order valence-corrected chi connectivity index (χ3v) is 2.00. The molecular weight excluding hydrogens is 204 g/mol. The highest BCUT2D eigenvalue weighted by atomic mass is 32.2. The van der Waals surface area contributed by atoms with Gasteiger partial charge in [0.1, 0.15) is 0 Å². The summed E-state index contributed by atoms with van der Waals surface area (Å²) in [5.74, 6) is -1.30. The van der Waals surface area contributed by atoms with Crippen molar-refractivity contribution in [2.45, 2.75) is 0 Å². The summed E-state index contributed by atoms with van der Waals surface area (Å²) in [6.07, 6.45) is 0. The van der Waals surface area contributed by atoms with Crippen LogP contribution in [0.1, 0.15) is 9.80 Å². The molecule has 0 aromatic carbocycles. The summed E-state index contributed by atoms with van der Waals surface area (Å²) < 4.78 is 23.0. The molecule has 1 heterocycles. The number of hydrogen-bond acceptors (Lipinski definition) is 6. The maximum Gasteiger partial charge on any atom is 0.365 e. The monoisotopic (exact) mass is 206 g/mol. The van der Waals surface area contributed by atoms with Crippen molar-refractivity contribution in [3.63, 3.8) is 0 Å². The second-order valence-electron chi connectivity index (χ2n) is 1.62. The fraction of sp³-hybridized carbons (Fsp3) is 0. The van der Waals surface area contributed by atoms with Gasteiger partial charge in [-0.2, -0.15) is 8.42 Å². The van der Waals surface area contributed by atoms with Gasteiger partial charge < -0.3 is 5.11 Å². The molecule has 0 spiro atoms. The van der Waals surface area contributed by atoms with Crippen molar-refractivity contribution in [1.29, 1.82) is 0 Å². The zero-order chi connectivity index (χ0) is 9.14. The molecule has 0 bridgehead atoms. The lowest BCUT2D eigenvalue weighted by molar-refractivity contribution is 0.0696. The van der Waals surface area contributed by atoms with E-state index < -0.39 is 16.5 Å². The van der Waals surface area contributed by atoms with Crippen molar-refractivity contribution in [2.24, 2.45) is 4.36 Å². The minimum absolute atomic E-state index is 0.106. The molecule has 0 amide bonds. The van der Waals surface area contributed by atoms with Gasteiger partial charge in [0, 0.05) is 5.38 Å². The maximum atomic E-state index is 10.3. The number of nitrogens with zero attached hydrogens (tertiary/aromatic N) is 2. The first-order chi connectivity index (χ1) is 5.59. The Bertz CT molecular complexity index is 424. The van der Waals surface area contributed by atoms with Gasteiger partial charge in [0.05, 0.1) is 0 Å². The number of aromatic carboxylic acids is 1. The molecule has 1 aromatic rings. The van der Waals surface area contributed by atoms with Crippen LogP contribution in [-0.4, -0.2) is 24.5 Å². The summed E-state index contributed by atoms with van der Waals surface area (Å²) in [6, 6.07) is 0. The molecule has 0 fully saturated rings. The fourth-order valence-electron chi connectivity index (χ4n) is 0.482. The number of carbonyl (C=O) groups is 1. The Hall–Kier alpha value is -1.28. The van der Waals surface area contributed by atoms with E-state index in [0.29, 0.717) is 0 Å². The van der Waals surface area contributed by atoms with Crippen LogP contribution in [0.15, 0.2) is 9.74 Å². The van der Waals surface area contributed by atoms with Crippen LogP contribution in [0.3, 0.4) is 0 Å². The number of carboxylic acid groups (broad SMARTS) is 1. The molecule has 0 aliphatic rings. The summed E-state index contributed by atoms with van der Waals surface area (Å²) in [7, 11) is -2.59. The van der Waals surface area contributed by atoms with Gasteiger partial charge in [-0.1, -0.05) is 0 Å². The Labute approximate surface area is 72.2 Å². The van der Waals surface area contributed by atoms with Crippen molar-refractivity contribution in [2.75, 3.05) is 0 Å². The zero-order valence-corrected chi connectivity index (χ0v) is 7.09. The van der Waals surface area contributed by atoms with Crippen LogP contribution in [-0.2, 0) is 10.5 Å². The molecule has 8 heteroatoms. The Balaban J connectivity index is 3.08. The van der Waals surface area contributed by atoms with Crippen LogP contribution in [0.2, 0.25) is 0 Å². The SMILES string of the molecule is O=C(O)c1nc(N=S(=O)=O)cs1. The summed E-state index contributed by atoms with van der Waals surface area (Å²) in [6.45, 7) is 0. The minimum atomic E-state index is -2.59. The Morgan fingerprint density at radius 2 is 2.33 bits per heavy atom. The minimum Gasteiger partial charge on any atom is -0.476 e. The average Bonchev–Trinajstić information content (AvgIpc) is 2.34. The lowest BCUT2D eigenvalue weighted by Crippen LogP contribution is -1.93. The summed E-state index contributed by atoms with van der Waals surface area (Å²) in [5, 5.41) is 9.45. The summed E-state index contributed by atoms with van der Waals surface area (Å²) in [5.41, 5.74) is 0. The van der Waals surface area contributed by atoms with E-state index in [2.05, 4.69) is 9.35 Å². The third kappa shape index (κ3) is 2.10. The molecule has 0 aliphatic heterocycles. The number of hydrogen-bond donors (Lipinski definition) is 1. The second-order valence-corrected chi connectivity index (χ2v) is 3.10. The molecule has 6 nitrogen and oxygen atoms in total. The molecule has 1 aromatic heterocycles. The topological polar surface area (TPSA) is 96.7 Å². The molecule has 0 atom stereocenters. The zero-order valence-electron chi connectivity index (χ0n) is 5.46. The number of carboxylic acids is 1. The van der Waals surface area contributed by atoms with E-state index in [0.717, 1.165) is 11.3 Å². The normalized spacial score (nSPS) is 9.33. The Morgan fingerprint density at radius 3 is 2.75 bits per heavy atom. The quantitative estimate of drug-likeness (QED) is 0.761. The molecule has 64 valence electrons. The van der Waals surface area contributed by atoms with Gasteiger partial charge in [-0.15, -0.1) is 15.7 Å². The number of aromatic nitrogens is 1. The second kappa shape index (κ2) is 3.41. The molecule has 0 aliphatic carbocycles. The van der Waals surface area contributed by atoms with Crippen LogP contribution in [0.25, 0.3) is 0 Å². The van der Waals surface area contributed by atoms with Crippen molar-refractivity contribution in [1.82, 2.24) is 4.98 Å². The highest BCUT2D eigenvalue weighted by Crippen LogP contribution is 2.16. The Morgan fingerprint density at radius 1 is 1.67 bits per heavy atom. The lowest BCUT2D eigenvalue weighted by Gasteiger charge is -1.78. The van der Waals surface area contributed by atoms with E-state index in [-0.39, 0.29) is 10.8 Å². The number of thiazole rings is 1. The van der Waals surface area contributed by atoms with Gasteiger partial charge in [-0.05, 0) is 0 Å². The van der Waals surface area contributed by atoms with Gasteiger partial charge in [0.15, 0.2) is 5.82 Å². The highest BCUT2D eigenvalue weighted by Gasteiger charge is 2.07. The maximum absolute atomic E-state index is 10.3. The molecular formula is C4H2N2O4S2. The van der Waals surface area contributed by atoms with E-state index in [1.807, 2.05) is 0 Å². The first kappa shape index (κ1) is 8.81. The summed E-state index contributed by atoms with van der Waals surface area (Å²) >= 11 is 0.822. The van der Waals surface area contributed by atoms with Crippen molar-refractivity contribution in [3.05, 3.63) is 10.4 Å². The van der Waals surface area contributed by atoms with Crippen molar-refractivity contribution >= 4 is 33.6 Å². The highest BCUT2D eigenvalue weighted by molar-refractivity contribution is 7.61. The smallest absolute Gasteiger partial charge is 0.365 e. The molecule has 12 heavy (non-hydrogen) atoms. The molecule has 0 unspecified atom stereocenters. The van der Waals surface area contributed by atoms with Crippen LogP contribution in [0, 0.1) is 0 Å². The van der Waals surface area contributed by atoms with Gasteiger partial charge in [-0.25, -0.2) is 9.78 Å². The van der Waals surface area contributed by atoms with Crippen LogP contribution in [0.5, 0.6) is 0 Å². The van der Waals surface area contributed by atoms with E-state index in [1.165, 1.54) is 5.38 Å². The van der Waals surface area contributed by atoms with E-state index in [1.54, 1.807) is 0 Å². The molecule has 0 saturated carbocycles. The van der Waals surface area contributed by atoms with Crippen molar-refractivity contribution < 1.29 is 18.3 Å². The molecule has 0 saturated heterocycles. The molecule has 1 N–H and O–H groups in total. The van der Waals surface area contributed by atoms with Crippen LogP contribution >= 0.6 is 11.3 Å². The van der Waals surface area contributed by atoms with Crippen LogP contribution in [0.4, 0.5) is 5.82 Å². The van der Waals surface area contributed by atoms with E-state index in [9.17, 15) is 13.2 Å². The first-order valence-corrected chi connectivity index (χ1v) is 4.50. The van der Waals surface area contributed by atoms with Gasteiger partial charge in [0.2, 0.25) is 5.01 Å². The Kier molecular flexibility index (Phi) is 2.51. The summed E-state index contributed by atoms with van der Waals surface area (Å²) in [4.78, 5) is 13.7. The average molecular weight is 206 g/mol. The predicted molar refractivity (Wildman–Crippen MR) is 40.1 cm³/mol. The van der Waals surface area contributed by atoms with Crippen LogP contribution < -0.4 is 0 Å². The van der Waals surface area contributed by atoms with Gasteiger partial charge in [-0.3, -0.25) is 0 Å². The van der Waals surface area contributed by atoms with E-state index >= 15 is 0 Å². The van der Waals surface area contributed by atoms with Crippen molar-refractivity contribution in [3.8, 4) is 0 Å². The fourth-order valence-corrected chi connectivity index (χ4v) is 1.36. The molecule has 0 radical (unpaired) electrons. The largest absolute Gasteiger partial charge is 0.476 e. The predicted octanol–water partition coefficient (Wildman–Crippen LogP) is 0.536. The molecule has 1 rings (SSSR count). The third-order valence-electron chi connectivity index (χ3n) is 0.843.